The van der Waals surface area contributed by atoms with Crippen LogP contribution in [0.15, 0.2) is 17.0 Å². The molecule has 9 heteroatoms. The Bertz CT molecular complexity index is 573. The third kappa shape index (κ3) is 2.81. The number of aliphatic hydroxyl groups excluding tert-OH is 1. The minimum absolute atomic E-state index is 0.373. The predicted octanol–water partition coefficient (Wildman–Crippen LogP) is -0.0664. The third-order valence-corrected chi connectivity index (χ3v) is 3.44. The molecule has 0 fully saturated rings. The van der Waals surface area contributed by atoms with Crippen LogP contribution in [0.25, 0.3) is 0 Å². The quantitative estimate of drug-likeness (QED) is 0.701. The lowest BCUT2D eigenvalue weighted by Gasteiger charge is -2.08. The van der Waals surface area contributed by atoms with Crippen molar-refractivity contribution in [1.82, 2.24) is 4.72 Å². The smallest absolute Gasteiger partial charge is 0.341 e. The fourth-order valence-electron chi connectivity index (χ4n) is 1.19. The molecule has 1 aromatic carbocycles. The van der Waals surface area contributed by atoms with Gasteiger partial charge in [0.1, 0.15) is 16.3 Å². The molecule has 0 atom stereocenters. The molecule has 100 valence electrons. The number of nitrogens with one attached hydrogen (secondary N) is 1. The Balaban J connectivity index is 3.36. The van der Waals surface area contributed by atoms with Gasteiger partial charge in [-0.15, -0.1) is 0 Å². The molecule has 18 heavy (non-hydrogen) atoms. The summed E-state index contributed by atoms with van der Waals surface area (Å²) in [6.45, 7) is -0.893. The molecule has 1 rings (SSSR count). The van der Waals surface area contributed by atoms with Crippen molar-refractivity contribution in [2.45, 2.75) is 4.90 Å². The highest BCUT2D eigenvalue weighted by Gasteiger charge is 2.26. The number of hydrogen-bond donors (Lipinski definition) is 3. The number of carbonyl (C=O) groups is 1. The fourth-order valence-corrected chi connectivity index (χ4v) is 2.30. The van der Waals surface area contributed by atoms with Gasteiger partial charge in [-0.3, -0.25) is 0 Å². The molecule has 3 N–H and O–H groups in total. The first kappa shape index (κ1) is 14.5. The third-order valence-electron chi connectivity index (χ3n) is 1.96. The van der Waals surface area contributed by atoms with Gasteiger partial charge in [-0.1, -0.05) is 0 Å². The van der Waals surface area contributed by atoms with E-state index in [2.05, 4.69) is 0 Å². The van der Waals surface area contributed by atoms with Gasteiger partial charge in [-0.05, 0) is 12.1 Å². The second-order valence-electron chi connectivity index (χ2n) is 3.16. The molecule has 0 unspecified atom stereocenters. The summed E-state index contributed by atoms with van der Waals surface area (Å²) in [4.78, 5) is 9.61. The van der Waals surface area contributed by atoms with Crippen molar-refractivity contribution in [3.63, 3.8) is 0 Å². The normalized spacial score (nSPS) is 11.5. The van der Waals surface area contributed by atoms with Crippen molar-refractivity contribution in [2.75, 3.05) is 13.2 Å². The van der Waals surface area contributed by atoms with Crippen molar-refractivity contribution < 1.29 is 32.2 Å². The van der Waals surface area contributed by atoms with Gasteiger partial charge in [0, 0.05) is 6.54 Å². The van der Waals surface area contributed by atoms with Crippen LogP contribution in [-0.2, 0) is 10.0 Å². The molecule has 0 spiro atoms. The molecule has 0 aliphatic carbocycles. The number of rotatable bonds is 5. The highest BCUT2D eigenvalue weighted by molar-refractivity contribution is 7.89. The van der Waals surface area contributed by atoms with Crippen molar-refractivity contribution in [3.05, 3.63) is 29.3 Å². The number of carboxylic acids is 1. The van der Waals surface area contributed by atoms with E-state index in [1.807, 2.05) is 4.72 Å². The van der Waals surface area contributed by atoms with E-state index < -0.39 is 44.7 Å². The number of benzene rings is 1. The van der Waals surface area contributed by atoms with Gasteiger partial charge in [0.2, 0.25) is 10.0 Å². The maximum Gasteiger partial charge on any atom is 0.341 e. The Kier molecular flexibility index (Phi) is 4.33. The largest absolute Gasteiger partial charge is 0.477 e. The van der Waals surface area contributed by atoms with Gasteiger partial charge in [0.15, 0.2) is 5.82 Å². The molecule has 0 saturated carbocycles. The molecule has 0 radical (unpaired) electrons. The molecule has 0 heterocycles. The van der Waals surface area contributed by atoms with Crippen molar-refractivity contribution in [1.29, 1.82) is 0 Å². The zero-order valence-corrected chi connectivity index (χ0v) is 9.67. The molecular weight excluding hydrogens is 272 g/mol. The zero-order valence-electron chi connectivity index (χ0n) is 8.85. The standard InChI is InChI=1S/C9H9F2NO5S/c10-5-1-2-6(8(11)7(5)9(14)15)18(16,17)12-3-4-13/h1-2,12-13H,3-4H2,(H,14,15). The average molecular weight is 281 g/mol. The van der Waals surface area contributed by atoms with Crippen LogP contribution in [0.1, 0.15) is 10.4 Å². The average Bonchev–Trinajstić information content (AvgIpc) is 2.25. The minimum atomic E-state index is -4.34. The predicted molar refractivity (Wildman–Crippen MR) is 55.6 cm³/mol. The maximum atomic E-state index is 13.6. The van der Waals surface area contributed by atoms with Gasteiger partial charge in [-0.25, -0.2) is 26.7 Å². The van der Waals surface area contributed by atoms with E-state index in [-0.39, 0.29) is 6.54 Å². The first-order chi connectivity index (χ1) is 8.31. The number of sulfonamides is 1. The van der Waals surface area contributed by atoms with E-state index in [4.69, 9.17) is 10.2 Å². The monoisotopic (exact) mass is 281 g/mol. The summed E-state index contributed by atoms with van der Waals surface area (Å²) >= 11 is 0. The van der Waals surface area contributed by atoms with E-state index in [9.17, 15) is 22.0 Å². The summed E-state index contributed by atoms with van der Waals surface area (Å²) in [6, 6.07) is 1.15. The van der Waals surface area contributed by atoms with E-state index in [1.165, 1.54) is 0 Å². The number of carboxylic acid groups (broad SMARTS) is 1. The summed E-state index contributed by atoms with van der Waals surface area (Å²) in [5.41, 5.74) is -1.35. The topological polar surface area (TPSA) is 104 Å². The van der Waals surface area contributed by atoms with Crippen molar-refractivity contribution in [3.8, 4) is 0 Å². The number of aromatic carboxylic acids is 1. The second kappa shape index (κ2) is 5.38. The van der Waals surface area contributed by atoms with Crippen LogP contribution in [0, 0.1) is 11.6 Å². The van der Waals surface area contributed by atoms with Gasteiger partial charge >= 0.3 is 5.97 Å². The molecule has 0 aliphatic heterocycles. The molecule has 1 aromatic rings. The molecule has 0 saturated heterocycles. The summed E-state index contributed by atoms with van der Waals surface area (Å²) in [6.07, 6.45) is 0. The van der Waals surface area contributed by atoms with E-state index in [0.29, 0.717) is 12.1 Å². The van der Waals surface area contributed by atoms with Crippen molar-refractivity contribution in [2.24, 2.45) is 0 Å². The maximum absolute atomic E-state index is 13.6. The molecule has 0 aromatic heterocycles. The minimum Gasteiger partial charge on any atom is -0.477 e. The van der Waals surface area contributed by atoms with Gasteiger partial charge in [-0.2, -0.15) is 0 Å². The SMILES string of the molecule is O=C(O)c1c(F)ccc(S(=O)(=O)NCCO)c1F. The lowest BCUT2D eigenvalue weighted by molar-refractivity contribution is 0.0685. The Morgan fingerprint density at radius 2 is 1.94 bits per heavy atom. The molecule has 0 bridgehead atoms. The lowest BCUT2D eigenvalue weighted by atomic mass is 10.2. The van der Waals surface area contributed by atoms with Crippen molar-refractivity contribution >= 4 is 16.0 Å². The van der Waals surface area contributed by atoms with Gasteiger partial charge in [0.25, 0.3) is 0 Å². The first-order valence-electron chi connectivity index (χ1n) is 4.63. The number of aliphatic hydroxyl groups is 1. The van der Waals surface area contributed by atoms with Crippen LogP contribution in [0.5, 0.6) is 0 Å². The summed E-state index contributed by atoms with van der Waals surface area (Å²) in [5.74, 6) is -4.97. The van der Waals surface area contributed by atoms with Crippen LogP contribution in [0.2, 0.25) is 0 Å². The van der Waals surface area contributed by atoms with Crippen LogP contribution in [-0.4, -0.2) is 37.8 Å². The Morgan fingerprint density at radius 1 is 1.33 bits per heavy atom. The van der Waals surface area contributed by atoms with Crippen LogP contribution < -0.4 is 4.72 Å². The van der Waals surface area contributed by atoms with Gasteiger partial charge < -0.3 is 10.2 Å². The first-order valence-corrected chi connectivity index (χ1v) is 6.11. The van der Waals surface area contributed by atoms with Crippen LogP contribution in [0.4, 0.5) is 8.78 Å². The Labute approximate surface area is 101 Å². The molecule has 6 nitrogen and oxygen atoms in total. The number of hydrogen-bond acceptors (Lipinski definition) is 4. The van der Waals surface area contributed by atoms with Crippen LogP contribution in [0.3, 0.4) is 0 Å². The highest BCUT2D eigenvalue weighted by atomic mass is 32.2. The van der Waals surface area contributed by atoms with E-state index in [1.54, 1.807) is 0 Å². The highest BCUT2D eigenvalue weighted by Crippen LogP contribution is 2.20. The van der Waals surface area contributed by atoms with Gasteiger partial charge in [0.05, 0.1) is 6.61 Å². The Morgan fingerprint density at radius 3 is 2.44 bits per heavy atom. The van der Waals surface area contributed by atoms with E-state index in [0.717, 1.165) is 0 Å². The second-order valence-corrected chi connectivity index (χ2v) is 4.90. The van der Waals surface area contributed by atoms with Crippen LogP contribution >= 0.6 is 0 Å². The molecular formula is C9H9F2NO5S. The van der Waals surface area contributed by atoms with E-state index >= 15 is 0 Å². The zero-order chi connectivity index (χ0) is 13.9. The number of halogens is 2. The lowest BCUT2D eigenvalue weighted by Crippen LogP contribution is -2.28. The summed E-state index contributed by atoms with van der Waals surface area (Å²) < 4.78 is 51.5. The molecule has 0 amide bonds. The summed E-state index contributed by atoms with van der Waals surface area (Å²) in [5, 5.41) is 17.0. The summed E-state index contributed by atoms with van der Waals surface area (Å²) in [7, 11) is -4.34. The fraction of sp³-hybridized carbons (Fsp3) is 0.222. The molecule has 0 aliphatic rings. The Hall–Kier alpha value is -1.58.